The fourth-order valence-corrected chi connectivity index (χ4v) is 6.82. The maximum absolute atomic E-state index is 6.87. The van der Waals surface area contributed by atoms with Crippen LogP contribution in [0.1, 0.15) is 5.82 Å². The predicted molar refractivity (Wildman–Crippen MR) is 222 cm³/mol. The van der Waals surface area contributed by atoms with Crippen LogP contribution < -0.4 is 71.0 Å². The summed E-state index contributed by atoms with van der Waals surface area (Å²) < 4.78 is 1.92. The highest BCUT2D eigenvalue weighted by atomic mass is 15.1. The number of aryl methyl sites for hydroxylation is 1. The van der Waals surface area contributed by atoms with E-state index in [-0.39, 0.29) is 71.0 Å². The molecular weight excluding hydrogens is 577 g/mol. The van der Waals surface area contributed by atoms with Gasteiger partial charge in [0, 0.05) is 0 Å². The SMILES string of the molecule is [B]c1c([B])c([B])c(-c2ccc(-c3c4c([B])c([B])c([B])c([B])c4c(-n4c(C)nc5ccccc54)c4c([B])c([B])c([B])c([B])c34)cc2)c([B])c1[B]. The molecule has 0 unspecified atom stereocenters. The molecule has 7 rings (SSSR count). The summed E-state index contributed by atoms with van der Waals surface area (Å²) in [5.41, 5.74) is 6.11. The van der Waals surface area contributed by atoms with Gasteiger partial charge in [-0.3, -0.25) is 4.57 Å². The average molecular weight is 588 g/mol. The van der Waals surface area contributed by atoms with Crippen LogP contribution in [0.4, 0.5) is 0 Å². The normalized spacial score (nSPS) is 11.6. The average Bonchev–Trinajstić information content (AvgIpc) is 3.43. The molecule has 0 saturated carbocycles. The van der Waals surface area contributed by atoms with Gasteiger partial charge in [0.2, 0.25) is 0 Å². The number of benzene rings is 6. The van der Waals surface area contributed by atoms with Crippen molar-refractivity contribution in [1.29, 1.82) is 0 Å². The van der Waals surface area contributed by atoms with Gasteiger partial charge in [-0.15, -0.1) is 38.2 Å². The molecule has 49 heavy (non-hydrogen) atoms. The quantitative estimate of drug-likeness (QED) is 0.149. The van der Waals surface area contributed by atoms with Gasteiger partial charge < -0.3 is 0 Å². The van der Waals surface area contributed by atoms with E-state index in [9.17, 15) is 0 Å². The summed E-state index contributed by atoms with van der Waals surface area (Å²) in [7, 11) is 84.6. The van der Waals surface area contributed by atoms with Crippen LogP contribution in [0.25, 0.3) is 60.5 Å². The molecule has 1 heterocycles. The maximum atomic E-state index is 6.87. The van der Waals surface area contributed by atoms with Crippen molar-refractivity contribution in [2.24, 2.45) is 0 Å². The van der Waals surface area contributed by atoms with Crippen LogP contribution in [0, 0.1) is 6.92 Å². The van der Waals surface area contributed by atoms with E-state index < -0.39 is 0 Å². The third kappa shape index (κ3) is 4.70. The monoisotopic (exact) mass is 590 g/mol. The first-order chi connectivity index (χ1) is 23.2. The fourth-order valence-electron chi connectivity index (χ4n) is 6.82. The van der Waals surface area contributed by atoms with Crippen molar-refractivity contribution in [3.8, 4) is 27.9 Å². The molecule has 1 aromatic heterocycles. The molecule has 0 saturated heterocycles. The van der Waals surface area contributed by atoms with Gasteiger partial charge in [0.05, 0.1) is 16.7 Å². The Morgan fingerprint density at radius 1 is 0.408 bits per heavy atom. The van der Waals surface area contributed by atoms with Crippen molar-refractivity contribution >= 4 is 206 Å². The van der Waals surface area contributed by atoms with Gasteiger partial charge in [-0.05, 0) is 62.9 Å². The molecule has 196 valence electrons. The van der Waals surface area contributed by atoms with E-state index in [2.05, 4.69) is 0 Å². The lowest BCUT2D eigenvalue weighted by Gasteiger charge is -2.29. The molecule has 6 aromatic carbocycles. The minimum atomic E-state index is 0.101. The van der Waals surface area contributed by atoms with Gasteiger partial charge in [0.25, 0.3) is 0 Å². The zero-order valence-electron chi connectivity index (χ0n) is 26.5. The Hall–Kier alpha value is -3.85. The summed E-state index contributed by atoms with van der Waals surface area (Å²) in [5, 5.41) is 1.86. The maximum Gasteiger partial charge on any atom is 0.113 e. The number of para-hydroxylation sites is 2. The van der Waals surface area contributed by atoms with Crippen LogP contribution in [-0.2, 0) is 0 Å². The van der Waals surface area contributed by atoms with Crippen molar-refractivity contribution < 1.29 is 0 Å². The van der Waals surface area contributed by atoms with Gasteiger partial charge in [0.1, 0.15) is 108 Å². The molecule has 0 atom stereocenters. The molecule has 26 radical (unpaired) electrons. The summed E-state index contributed by atoms with van der Waals surface area (Å²) in [6.45, 7) is 1.86. The van der Waals surface area contributed by atoms with E-state index >= 15 is 0 Å². The Labute approximate surface area is 303 Å². The first-order valence-electron chi connectivity index (χ1n) is 15.0. The summed E-state index contributed by atoms with van der Waals surface area (Å²) >= 11 is 0. The van der Waals surface area contributed by atoms with Crippen molar-refractivity contribution in [1.82, 2.24) is 9.55 Å². The number of hydrogen-bond acceptors (Lipinski definition) is 1. The number of nitrogens with zero attached hydrogens (tertiary/aromatic N) is 2. The molecule has 0 aliphatic carbocycles. The molecule has 0 bridgehead atoms. The Morgan fingerprint density at radius 3 is 1.24 bits per heavy atom. The van der Waals surface area contributed by atoms with Crippen LogP contribution >= 0.6 is 0 Å². The van der Waals surface area contributed by atoms with E-state index in [1.54, 1.807) is 12.1 Å². The third-order valence-corrected chi connectivity index (χ3v) is 9.41. The van der Waals surface area contributed by atoms with Gasteiger partial charge in [0.15, 0.2) is 0 Å². The molecule has 0 amide bonds. The van der Waals surface area contributed by atoms with E-state index in [4.69, 9.17) is 107 Å². The standard InChI is InChI=1S/C34H11B13N2/c1-10-48-13-4-2-3-5-14(13)49(10)34-19-17(23(37)29(43)31(45)25(19)39)15(18-20(34)26(40)32(46)30(44)24(18)38)11-6-8-12(9-7-11)16-21(35)27(41)33(47)28(42)22(16)36/h2-9H,1H3. The lowest BCUT2D eigenvalue weighted by molar-refractivity contribution is 1.02. The van der Waals surface area contributed by atoms with Crippen LogP contribution in [0.2, 0.25) is 0 Å². The molecule has 0 aliphatic heterocycles. The smallest absolute Gasteiger partial charge is 0.113 e. The molecule has 0 spiro atoms. The molecular formula is C34H11B13N2. The van der Waals surface area contributed by atoms with E-state index in [0.717, 1.165) is 11.0 Å². The Kier molecular flexibility index (Phi) is 8.16. The highest BCUT2D eigenvalue weighted by Crippen LogP contribution is 2.39. The second kappa shape index (κ2) is 11.9. The first-order valence-corrected chi connectivity index (χ1v) is 15.0. The second-order valence-electron chi connectivity index (χ2n) is 12.0. The Bertz CT molecular complexity index is 2480. The fraction of sp³-hybridized carbons (Fsp3) is 0.0294. The summed E-state index contributed by atoms with van der Waals surface area (Å²) in [6.07, 6.45) is 0. The largest absolute Gasteiger partial charge is 0.295 e. The first kappa shape index (κ1) is 33.6. The minimum Gasteiger partial charge on any atom is -0.295 e. The lowest BCUT2D eigenvalue weighted by Crippen LogP contribution is -2.55. The Morgan fingerprint density at radius 2 is 0.776 bits per heavy atom. The van der Waals surface area contributed by atoms with Crippen molar-refractivity contribution in [3.05, 3.63) is 54.4 Å². The highest BCUT2D eigenvalue weighted by Gasteiger charge is 2.26. The van der Waals surface area contributed by atoms with Crippen LogP contribution in [0.15, 0.2) is 48.5 Å². The van der Waals surface area contributed by atoms with Crippen molar-refractivity contribution in [2.45, 2.75) is 6.92 Å². The second-order valence-corrected chi connectivity index (χ2v) is 12.0. The van der Waals surface area contributed by atoms with Crippen molar-refractivity contribution in [2.75, 3.05) is 0 Å². The number of imidazole rings is 1. The van der Waals surface area contributed by atoms with E-state index in [0.29, 0.717) is 55.3 Å². The number of aromatic nitrogens is 2. The van der Waals surface area contributed by atoms with E-state index in [1.807, 2.05) is 47.9 Å². The topological polar surface area (TPSA) is 17.8 Å². The minimum absolute atomic E-state index is 0.101. The molecule has 2 nitrogen and oxygen atoms in total. The van der Waals surface area contributed by atoms with Crippen molar-refractivity contribution in [3.63, 3.8) is 0 Å². The number of rotatable bonds is 3. The van der Waals surface area contributed by atoms with Gasteiger partial charge >= 0.3 is 0 Å². The highest BCUT2D eigenvalue weighted by molar-refractivity contribution is 6.71. The number of hydrogen-bond donors (Lipinski definition) is 0. The lowest BCUT2D eigenvalue weighted by atomic mass is 9.59. The van der Waals surface area contributed by atoms with Gasteiger partial charge in [-0.2, -0.15) is 0 Å². The molecule has 0 fully saturated rings. The van der Waals surface area contributed by atoms with Crippen LogP contribution in [0.3, 0.4) is 0 Å². The zero-order chi connectivity index (χ0) is 35.4. The van der Waals surface area contributed by atoms with Crippen LogP contribution in [-0.4, -0.2) is 112 Å². The third-order valence-electron chi connectivity index (χ3n) is 9.41. The van der Waals surface area contributed by atoms with Gasteiger partial charge in [-0.25, -0.2) is 4.98 Å². The summed E-state index contributed by atoms with van der Waals surface area (Å²) in [4.78, 5) is 4.80. The molecule has 15 heteroatoms. The van der Waals surface area contributed by atoms with Crippen LogP contribution in [0.5, 0.6) is 0 Å². The molecule has 7 aromatic rings. The molecule has 0 N–H and O–H groups in total. The summed E-state index contributed by atoms with van der Waals surface area (Å²) in [5.74, 6) is 0.625. The Balaban J connectivity index is 1.70. The van der Waals surface area contributed by atoms with E-state index in [1.165, 1.54) is 0 Å². The molecule has 0 aliphatic rings. The predicted octanol–water partition coefficient (Wildman–Crippen LogP) is -6.71. The number of fused-ring (bicyclic) bond motifs is 3. The summed E-state index contributed by atoms with van der Waals surface area (Å²) in [6, 6.07) is 14.9. The zero-order valence-corrected chi connectivity index (χ0v) is 26.5. The van der Waals surface area contributed by atoms with Gasteiger partial charge in [-0.1, -0.05) is 69.2 Å².